The molecule has 190 valence electrons. The van der Waals surface area contributed by atoms with Gasteiger partial charge in [0.1, 0.15) is 11.5 Å². The van der Waals surface area contributed by atoms with E-state index in [-0.39, 0.29) is 28.7 Å². The predicted octanol–water partition coefficient (Wildman–Crippen LogP) is 6.58. The summed E-state index contributed by atoms with van der Waals surface area (Å²) in [6.07, 6.45) is 2.91. The molecule has 1 aliphatic heterocycles. The van der Waals surface area contributed by atoms with Crippen molar-refractivity contribution >= 4 is 28.6 Å². The number of hydrogen-bond acceptors (Lipinski definition) is 4. The molecule has 1 saturated heterocycles. The quantitative estimate of drug-likeness (QED) is 0.319. The summed E-state index contributed by atoms with van der Waals surface area (Å²) in [5, 5.41) is 14.2. The van der Waals surface area contributed by atoms with Crippen LogP contribution in [-0.4, -0.2) is 33.9 Å². The average molecular weight is 508 g/mol. The second-order valence-corrected chi connectivity index (χ2v) is 9.81. The minimum absolute atomic E-state index is 0.0251. The number of hydrogen-bond donors (Lipinski definition) is 1. The molecule has 0 amide bonds. The summed E-state index contributed by atoms with van der Waals surface area (Å²) in [5.74, 6) is 0.114. The van der Waals surface area contributed by atoms with E-state index in [4.69, 9.17) is 4.52 Å². The summed E-state index contributed by atoms with van der Waals surface area (Å²) in [7, 11) is 1.82. The number of aromatic carboxylic acids is 1. The van der Waals surface area contributed by atoms with Crippen molar-refractivity contribution in [3.63, 3.8) is 0 Å². The fourth-order valence-electron chi connectivity index (χ4n) is 5.06. The summed E-state index contributed by atoms with van der Waals surface area (Å²) in [6.45, 7) is 1.49. The zero-order valence-corrected chi connectivity index (χ0v) is 20.0. The summed E-state index contributed by atoms with van der Waals surface area (Å²) in [5.41, 5.74) is 2.28. The Morgan fingerprint density at radius 2 is 1.92 bits per heavy atom. The minimum atomic E-state index is -4.49. The fourth-order valence-corrected chi connectivity index (χ4v) is 5.06. The van der Waals surface area contributed by atoms with Crippen molar-refractivity contribution in [2.45, 2.75) is 24.9 Å². The van der Waals surface area contributed by atoms with E-state index in [0.717, 1.165) is 43.2 Å². The summed E-state index contributed by atoms with van der Waals surface area (Å²) < 4.78 is 48.4. The highest BCUT2D eigenvalue weighted by Gasteiger charge is 2.37. The number of aryl methyl sites for hydroxylation is 1. The van der Waals surface area contributed by atoms with Crippen LogP contribution >= 0.6 is 0 Å². The van der Waals surface area contributed by atoms with Crippen LogP contribution < -0.4 is 4.90 Å². The van der Waals surface area contributed by atoms with E-state index < -0.39 is 17.7 Å². The highest BCUT2D eigenvalue weighted by molar-refractivity contribution is 6.04. The Morgan fingerprint density at radius 1 is 1.16 bits per heavy atom. The van der Waals surface area contributed by atoms with Crippen LogP contribution in [0.25, 0.3) is 28.2 Å². The first kappa shape index (κ1) is 23.4. The maximum atomic E-state index is 13.7. The highest BCUT2D eigenvalue weighted by Crippen LogP contribution is 2.46. The van der Waals surface area contributed by atoms with Crippen molar-refractivity contribution in [1.29, 1.82) is 0 Å². The van der Waals surface area contributed by atoms with E-state index >= 15 is 0 Å². The molecule has 2 aromatic carbocycles. The second-order valence-electron chi connectivity index (χ2n) is 9.81. The number of carboxylic acid groups (broad SMARTS) is 1. The van der Waals surface area contributed by atoms with E-state index in [9.17, 15) is 23.1 Å². The maximum absolute atomic E-state index is 13.7. The van der Waals surface area contributed by atoms with Crippen LogP contribution in [0.4, 0.5) is 18.9 Å². The normalized spacial score (nSPS) is 16.6. The Bertz CT molecular complexity index is 1540. The lowest BCUT2D eigenvalue weighted by atomic mass is 9.95. The third-order valence-electron chi connectivity index (χ3n) is 7.21. The SMILES string of the molecule is Cn1cc(C(=O)O)c2ccc(N3CC(C=Cc4c(-c5ccccc5C(F)(F)F)noc4C4CC4)C3)cc21. The van der Waals surface area contributed by atoms with Gasteiger partial charge >= 0.3 is 12.1 Å². The molecule has 1 saturated carbocycles. The van der Waals surface area contributed by atoms with Crippen LogP contribution in [0.2, 0.25) is 0 Å². The van der Waals surface area contributed by atoms with Crippen molar-refractivity contribution in [3.05, 3.63) is 77.2 Å². The molecular formula is C28H24F3N3O3. The number of fused-ring (bicyclic) bond motifs is 1. The Balaban J connectivity index is 1.24. The molecule has 1 aliphatic carbocycles. The molecule has 2 fully saturated rings. The standard InChI is InChI=1S/C28H24F3N3O3/c1-33-15-22(27(35)36)19-11-9-18(12-24(19)33)34-13-16(14-34)6-10-21-25(32-37-26(21)17-7-8-17)20-4-2-3-5-23(20)28(29,30)31/h2-6,9-12,15-17H,7-8,13-14H2,1H3,(H,35,36). The van der Waals surface area contributed by atoms with Gasteiger partial charge in [0, 0.05) is 60.4 Å². The molecule has 9 heteroatoms. The Kier molecular flexibility index (Phi) is 5.40. The van der Waals surface area contributed by atoms with Gasteiger partial charge in [0.05, 0.1) is 16.6 Å². The molecule has 2 aliphatic rings. The van der Waals surface area contributed by atoms with Crippen molar-refractivity contribution in [3.8, 4) is 11.3 Å². The molecule has 0 radical (unpaired) electrons. The van der Waals surface area contributed by atoms with Crippen molar-refractivity contribution < 1.29 is 27.6 Å². The molecule has 2 aromatic heterocycles. The number of rotatable bonds is 6. The Labute approximate surface area is 210 Å². The van der Waals surface area contributed by atoms with Crippen LogP contribution in [-0.2, 0) is 13.2 Å². The van der Waals surface area contributed by atoms with Gasteiger partial charge < -0.3 is 19.1 Å². The van der Waals surface area contributed by atoms with Gasteiger partial charge in [-0.05, 0) is 37.1 Å². The van der Waals surface area contributed by atoms with E-state index in [2.05, 4.69) is 10.1 Å². The molecule has 0 spiro atoms. The molecule has 37 heavy (non-hydrogen) atoms. The lowest BCUT2D eigenvalue weighted by Crippen LogP contribution is -2.45. The molecule has 0 unspecified atom stereocenters. The smallest absolute Gasteiger partial charge is 0.417 e. The van der Waals surface area contributed by atoms with Gasteiger partial charge in [-0.2, -0.15) is 13.2 Å². The zero-order chi connectivity index (χ0) is 25.9. The summed E-state index contributed by atoms with van der Waals surface area (Å²) in [4.78, 5) is 13.7. The Hall–Kier alpha value is -4.01. The van der Waals surface area contributed by atoms with Gasteiger partial charge in [-0.3, -0.25) is 0 Å². The van der Waals surface area contributed by atoms with Crippen LogP contribution in [0.1, 0.15) is 46.0 Å². The third-order valence-corrected chi connectivity index (χ3v) is 7.21. The minimum Gasteiger partial charge on any atom is -0.478 e. The predicted molar refractivity (Wildman–Crippen MR) is 134 cm³/mol. The number of halogens is 3. The van der Waals surface area contributed by atoms with E-state index in [1.165, 1.54) is 12.1 Å². The molecule has 6 nitrogen and oxygen atoms in total. The number of anilines is 1. The first-order valence-corrected chi connectivity index (χ1v) is 12.1. The summed E-state index contributed by atoms with van der Waals surface area (Å²) >= 11 is 0. The van der Waals surface area contributed by atoms with E-state index in [0.29, 0.717) is 16.7 Å². The first-order chi connectivity index (χ1) is 17.7. The third kappa shape index (κ3) is 4.18. The van der Waals surface area contributed by atoms with Gasteiger partial charge in [-0.15, -0.1) is 0 Å². The monoisotopic (exact) mass is 507 g/mol. The average Bonchev–Trinajstić information content (AvgIpc) is 3.51. The van der Waals surface area contributed by atoms with E-state index in [1.54, 1.807) is 12.3 Å². The van der Waals surface area contributed by atoms with Gasteiger partial charge in [0.15, 0.2) is 0 Å². The molecule has 4 aromatic rings. The number of aromatic nitrogens is 2. The van der Waals surface area contributed by atoms with Crippen LogP contribution in [0.15, 0.2) is 59.3 Å². The number of benzene rings is 2. The fraction of sp³-hybridized carbons (Fsp3) is 0.286. The van der Waals surface area contributed by atoms with Crippen molar-refractivity contribution in [2.75, 3.05) is 18.0 Å². The van der Waals surface area contributed by atoms with Crippen LogP contribution in [0.5, 0.6) is 0 Å². The largest absolute Gasteiger partial charge is 0.478 e. The first-order valence-electron chi connectivity index (χ1n) is 12.1. The number of nitrogens with zero attached hydrogens (tertiary/aromatic N) is 3. The van der Waals surface area contributed by atoms with Crippen LogP contribution in [0, 0.1) is 5.92 Å². The molecular weight excluding hydrogens is 483 g/mol. The molecule has 3 heterocycles. The second kappa shape index (κ2) is 8.54. The molecule has 0 bridgehead atoms. The maximum Gasteiger partial charge on any atom is 0.417 e. The Morgan fingerprint density at radius 3 is 2.62 bits per heavy atom. The molecule has 0 atom stereocenters. The van der Waals surface area contributed by atoms with E-state index in [1.807, 2.05) is 42.0 Å². The number of carboxylic acids is 1. The van der Waals surface area contributed by atoms with Crippen molar-refractivity contribution in [1.82, 2.24) is 9.72 Å². The molecule has 1 N–H and O–H groups in total. The number of carbonyl (C=O) groups is 1. The van der Waals surface area contributed by atoms with Gasteiger partial charge in [0.25, 0.3) is 0 Å². The summed E-state index contributed by atoms with van der Waals surface area (Å²) in [6, 6.07) is 11.2. The van der Waals surface area contributed by atoms with Crippen LogP contribution in [0.3, 0.4) is 0 Å². The lowest BCUT2D eigenvalue weighted by Gasteiger charge is -2.39. The lowest BCUT2D eigenvalue weighted by molar-refractivity contribution is -0.137. The van der Waals surface area contributed by atoms with Gasteiger partial charge in [-0.25, -0.2) is 4.79 Å². The van der Waals surface area contributed by atoms with Crippen molar-refractivity contribution in [2.24, 2.45) is 13.0 Å². The van der Waals surface area contributed by atoms with Gasteiger partial charge in [-0.1, -0.05) is 35.5 Å². The highest BCUT2D eigenvalue weighted by atomic mass is 19.4. The topological polar surface area (TPSA) is 71.5 Å². The zero-order valence-electron chi connectivity index (χ0n) is 20.0. The molecule has 6 rings (SSSR count). The van der Waals surface area contributed by atoms with Gasteiger partial charge in [0.2, 0.25) is 0 Å². The number of alkyl halides is 3.